The fraction of sp³-hybridized carbons (Fsp3) is 0.421. The van der Waals surface area contributed by atoms with Crippen molar-refractivity contribution in [1.82, 2.24) is 4.90 Å². The Balaban J connectivity index is 2.33. The molecular formula is C19H22ClNO6S. The molecule has 0 unspecified atom stereocenters. The Kier molecular flexibility index (Phi) is 7.37. The average molecular weight is 428 g/mol. The molecule has 0 aliphatic carbocycles. The SMILES string of the molecule is CCOC(=O)[C@@H](C)N1C(=O)S/C(=C\c2cc(Cl)c(OC(C)C)c(OC)c2)C1=O. The summed E-state index contributed by atoms with van der Waals surface area (Å²) in [5.74, 6) is -0.383. The van der Waals surface area contributed by atoms with Crippen LogP contribution in [-0.2, 0) is 14.3 Å². The Hall–Kier alpha value is -2.19. The molecule has 9 heteroatoms. The van der Waals surface area contributed by atoms with Gasteiger partial charge in [0.05, 0.1) is 29.7 Å². The maximum absolute atomic E-state index is 12.6. The number of nitrogens with zero attached hydrogens (tertiary/aromatic N) is 1. The molecule has 1 heterocycles. The fourth-order valence-corrected chi connectivity index (χ4v) is 3.68. The third-order valence-electron chi connectivity index (χ3n) is 3.74. The first-order valence-corrected chi connectivity index (χ1v) is 9.86. The molecule has 152 valence electrons. The highest BCUT2D eigenvalue weighted by Crippen LogP contribution is 2.39. The molecule has 0 saturated carbocycles. The zero-order valence-corrected chi connectivity index (χ0v) is 17.8. The number of carbonyl (C=O) groups excluding carboxylic acids is 3. The van der Waals surface area contributed by atoms with Crippen LogP contribution in [0.4, 0.5) is 4.79 Å². The molecule has 28 heavy (non-hydrogen) atoms. The molecule has 1 atom stereocenters. The van der Waals surface area contributed by atoms with Crippen molar-refractivity contribution in [2.75, 3.05) is 13.7 Å². The Labute approximate surface area is 172 Å². The van der Waals surface area contributed by atoms with Gasteiger partial charge in [-0.1, -0.05) is 11.6 Å². The highest BCUT2D eigenvalue weighted by atomic mass is 35.5. The number of hydrogen-bond acceptors (Lipinski definition) is 7. The van der Waals surface area contributed by atoms with Crippen LogP contribution in [0.25, 0.3) is 6.08 Å². The van der Waals surface area contributed by atoms with Gasteiger partial charge in [0.15, 0.2) is 11.5 Å². The number of amides is 2. The summed E-state index contributed by atoms with van der Waals surface area (Å²) in [5.41, 5.74) is 0.562. The van der Waals surface area contributed by atoms with E-state index in [1.54, 1.807) is 19.1 Å². The number of rotatable bonds is 7. The van der Waals surface area contributed by atoms with E-state index in [0.717, 1.165) is 16.7 Å². The third-order valence-corrected chi connectivity index (χ3v) is 4.91. The van der Waals surface area contributed by atoms with E-state index in [1.807, 2.05) is 13.8 Å². The lowest BCUT2D eigenvalue weighted by atomic mass is 10.1. The number of halogens is 1. The standard InChI is InChI=1S/C19H22ClNO6S/c1-6-26-18(23)11(4)21-17(22)15(28-19(21)24)9-12-7-13(20)16(27-10(2)3)14(8-12)25-5/h7-11H,6H2,1-5H3/b15-9-/t11-/m1/s1. The molecular weight excluding hydrogens is 406 g/mol. The molecule has 0 radical (unpaired) electrons. The minimum Gasteiger partial charge on any atom is -0.493 e. The van der Waals surface area contributed by atoms with Gasteiger partial charge in [0, 0.05) is 0 Å². The van der Waals surface area contributed by atoms with Crippen molar-refractivity contribution in [2.24, 2.45) is 0 Å². The van der Waals surface area contributed by atoms with Crippen molar-refractivity contribution in [1.29, 1.82) is 0 Å². The molecule has 0 spiro atoms. The second-order valence-corrected chi connectivity index (χ2v) is 7.58. The van der Waals surface area contributed by atoms with Crippen molar-refractivity contribution >= 4 is 46.6 Å². The Morgan fingerprint density at radius 1 is 1.29 bits per heavy atom. The molecule has 0 N–H and O–H groups in total. The molecule has 1 aliphatic heterocycles. The normalized spacial score (nSPS) is 16.7. The van der Waals surface area contributed by atoms with E-state index in [-0.39, 0.29) is 17.6 Å². The highest BCUT2D eigenvalue weighted by molar-refractivity contribution is 8.18. The second kappa shape index (κ2) is 9.34. The van der Waals surface area contributed by atoms with Gasteiger partial charge in [0.25, 0.3) is 11.1 Å². The van der Waals surface area contributed by atoms with E-state index in [4.69, 9.17) is 25.8 Å². The minimum atomic E-state index is -1.00. The van der Waals surface area contributed by atoms with Gasteiger partial charge in [-0.3, -0.25) is 14.5 Å². The van der Waals surface area contributed by atoms with Crippen LogP contribution >= 0.6 is 23.4 Å². The van der Waals surface area contributed by atoms with Crippen molar-refractivity contribution in [3.63, 3.8) is 0 Å². The van der Waals surface area contributed by atoms with Gasteiger partial charge in [-0.05, 0) is 63.2 Å². The van der Waals surface area contributed by atoms with E-state index in [1.165, 1.54) is 20.1 Å². The van der Waals surface area contributed by atoms with Gasteiger partial charge in [0.1, 0.15) is 6.04 Å². The molecule has 2 amide bonds. The molecule has 0 bridgehead atoms. The number of esters is 1. The molecule has 1 aromatic rings. The molecule has 7 nitrogen and oxygen atoms in total. The monoisotopic (exact) mass is 427 g/mol. The van der Waals surface area contributed by atoms with Gasteiger partial charge < -0.3 is 14.2 Å². The molecule has 1 aliphatic rings. The lowest BCUT2D eigenvalue weighted by molar-refractivity contribution is -0.150. The first-order valence-electron chi connectivity index (χ1n) is 8.67. The average Bonchev–Trinajstić information content (AvgIpc) is 2.89. The van der Waals surface area contributed by atoms with Crippen LogP contribution in [0.3, 0.4) is 0 Å². The molecule has 2 rings (SSSR count). The summed E-state index contributed by atoms with van der Waals surface area (Å²) in [7, 11) is 1.48. The topological polar surface area (TPSA) is 82.1 Å². The minimum absolute atomic E-state index is 0.0990. The number of hydrogen-bond donors (Lipinski definition) is 0. The Morgan fingerprint density at radius 3 is 2.54 bits per heavy atom. The zero-order valence-electron chi connectivity index (χ0n) is 16.3. The second-order valence-electron chi connectivity index (χ2n) is 6.18. The first-order chi connectivity index (χ1) is 13.2. The van der Waals surface area contributed by atoms with Gasteiger partial charge in [-0.15, -0.1) is 0 Å². The smallest absolute Gasteiger partial charge is 0.329 e. The fourth-order valence-electron chi connectivity index (χ4n) is 2.51. The third kappa shape index (κ3) is 4.80. The number of ether oxygens (including phenoxy) is 3. The summed E-state index contributed by atoms with van der Waals surface area (Å²) in [6, 6.07) is 2.27. The number of thioether (sulfide) groups is 1. The molecule has 1 fully saturated rings. The van der Waals surface area contributed by atoms with Crippen LogP contribution in [0.1, 0.15) is 33.3 Å². The summed E-state index contributed by atoms with van der Waals surface area (Å²) < 4.78 is 15.9. The number of imide groups is 1. The van der Waals surface area contributed by atoms with Crippen molar-refractivity contribution in [3.05, 3.63) is 27.6 Å². The van der Waals surface area contributed by atoms with Crippen LogP contribution < -0.4 is 9.47 Å². The summed E-state index contributed by atoms with van der Waals surface area (Å²) in [5, 5.41) is -0.215. The van der Waals surface area contributed by atoms with Crippen molar-refractivity contribution < 1.29 is 28.6 Å². The van der Waals surface area contributed by atoms with Gasteiger partial charge in [-0.2, -0.15) is 0 Å². The summed E-state index contributed by atoms with van der Waals surface area (Å²) >= 11 is 7.05. The molecule has 0 aromatic heterocycles. The van der Waals surface area contributed by atoms with E-state index in [9.17, 15) is 14.4 Å². The van der Waals surface area contributed by atoms with E-state index < -0.39 is 23.2 Å². The Morgan fingerprint density at radius 2 is 1.96 bits per heavy atom. The maximum Gasteiger partial charge on any atom is 0.329 e. The summed E-state index contributed by atoms with van der Waals surface area (Å²) in [6.45, 7) is 7.00. The van der Waals surface area contributed by atoms with Crippen molar-refractivity contribution in [3.8, 4) is 11.5 Å². The summed E-state index contributed by atoms with van der Waals surface area (Å²) in [4.78, 5) is 37.9. The van der Waals surface area contributed by atoms with Crippen LogP contribution in [0, 0.1) is 0 Å². The van der Waals surface area contributed by atoms with Crippen LogP contribution in [-0.4, -0.2) is 47.9 Å². The van der Waals surface area contributed by atoms with Gasteiger partial charge in [0.2, 0.25) is 0 Å². The predicted molar refractivity (Wildman–Crippen MR) is 108 cm³/mol. The predicted octanol–water partition coefficient (Wildman–Crippen LogP) is 4.12. The number of benzene rings is 1. The van der Waals surface area contributed by atoms with E-state index >= 15 is 0 Å². The summed E-state index contributed by atoms with van der Waals surface area (Å²) in [6.07, 6.45) is 1.43. The molecule has 1 saturated heterocycles. The quantitative estimate of drug-likeness (QED) is 0.478. The van der Waals surface area contributed by atoms with E-state index in [0.29, 0.717) is 22.1 Å². The largest absolute Gasteiger partial charge is 0.493 e. The van der Waals surface area contributed by atoms with Crippen LogP contribution in [0.15, 0.2) is 17.0 Å². The first kappa shape index (κ1) is 22.1. The molecule has 1 aromatic carbocycles. The Bertz CT molecular complexity index is 823. The van der Waals surface area contributed by atoms with Crippen LogP contribution in [0.2, 0.25) is 5.02 Å². The van der Waals surface area contributed by atoms with E-state index in [2.05, 4.69) is 0 Å². The van der Waals surface area contributed by atoms with Crippen LogP contribution in [0.5, 0.6) is 11.5 Å². The van der Waals surface area contributed by atoms with Gasteiger partial charge >= 0.3 is 5.97 Å². The number of methoxy groups -OCH3 is 1. The lowest BCUT2D eigenvalue weighted by Crippen LogP contribution is -2.42. The highest BCUT2D eigenvalue weighted by Gasteiger charge is 2.41. The lowest BCUT2D eigenvalue weighted by Gasteiger charge is -2.19. The van der Waals surface area contributed by atoms with Crippen molar-refractivity contribution in [2.45, 2.75) is 39.8 Å². The maximum atomic E-state index is 12.6. The van der Waals surface area contributed by atoms with Gasteiger partial charge in [-0.25, -0.2) is 4.79 Å². The zero-order chi connectivity index (χ0) is 21.0. The number of carbonyl (C=O) groups is 3.